The molecule has 0 radical (unpaired) electrons. The molecule has 1 heterocycles. The normalized spacial score (nSPS) is 10.5. The molecule has 0 fully saturated rings. The lowest BCUT2D eigenvalue weighted by Crippen LogP contribution is -2.09. The van der Waals surface area contributed by atoms with Crippen LogP contribution in [0.2, 0.25) is 10.0 Å². The summed E-state index contributed by atoms with van der Waals surface area (Å²) in [6.45, 7) is 3.20. The van der Waals surface area contributed by atoms with Crippen molar-refractivity contribution < 1.29 is 4.39 Å². The summed E-state index contributed by atoms with van der Waals surface area (Å²) in [6.07, 6.45) is 0.545. The highest BCUT2D eigenvalue weighted by Gasteiger charge is 2.09. The van der Waals surface area contributed by atoms with E-state index >= 15 is 0 Å². The number of nitrogens with one attached hydrogen (secondary N) is 2. The maximum atomic E-state index is 13.5. The van der Waals surface area contributed by atoms with E-state index in [0.717, 1.165) is 0 Å². The molecule has 2 N–H and O–H groups in total. The zero-order chi connectivity index (χ0) is 15.2. The van der Waals surface area contributed by atoms with Crippen molar-refractivity contribution in [1.29, 1.82) is 0 Å². The van der Waals surface area contributed by atoms with E-state index in [4.69, 9.17) is 23.2 Å². The van der Waals surface area contributed by atoms with E-state index in [2.05, 4.69) is 15.6 Å². The van der Waals surface area contributed by atoms with Gasteiger partial charge in [-0.3, -0.25) is 0 Å². The third kappa shape index (κ3) is 4.22. The Bertz CT molecular complexity index is 620. The second-order valence-corrected chi connectivity index (χ2v) is 5.26. The Morgan fingerprint density at radius 1 is 1.10 bits per heavy atom. The SMILES string of the molecule is CCNc1nc(NCCc2ccccc2F)c(Cl)cc1Cl. The molecule has 0 unspecified atom stereocenters. The first-order valence-corrected chi connectivity index (χ1v) is 7.44. The predicted molar refractivity (Wildman–Crippen MR) is 87.0 cm³/mol. The topological polar surface area (TPSA) is 37.0 Å². The van der Waals surface area contributed by atoms with E-state index < -0.39 is 0 Å². The lowest BCUT2D eigenvalue weighted by atomic mass is 10.1. The van der Waals surface area contributed by atoms with E-state index in [1.807, 2.05) is 13.0 Å². The molecule has 6 heteroatoms. The van der Waals surface area contributed by atoms with Gasteiger partial charge in [-0.25, -0.2) is 9.37 Å². The molecule has 2 rings (SSSR count). The highest BCUT2D eigenvalue weighted by molar-refractivity contribution is 6.37. The number of nitrogens with zero attached hydrogens (tertiary/aromatic N) is 1. The lowest BCUT2D eigenvalue weighted by molar-refractivity contribution is 0.610. The number of hydrogen-bond donors (Lipinski definition) is 2. The minimum absolute atomic E-state index is 0.206. The fourth-order valence-electron chi connectivity index (χ4n) is 1.90. The molecular formula is C15H16Cl2FN3. The molecule has 3 nitrogen and oxygen atoms in total. The Kier molecular flexibility index (Phi) is 5.65. The summed E-state index contributed by atoms with van der Waals surface area (Å²) in [4.78, 5) is 4.34. The van der Waals surface area contributed by atoms with Crippen LogP contribution < -0.4 is 10.6 Å². The van der Waals surface area contributed by atoms with Gasteiger partial charge in [-0.1, -0.05) is 41.4 Å². The minimum atomic E-state index is -0.206. The molecular weight excluding hydrogens is 312 g/mol. The summed E-state index contributed by atoms with van der Waals surface area (Å²) in [5, 5.41) is 7.08. The number of pyridine rings is 1. The van der Waals surface area contributed by atoms with Crippen LogP contribution in [0, 0.1) is 5.82 Å². The Balaban J connectivity index is 2.03. The Hall–Kier alpha value is -1.52. The van der Waals surface area contributed by atoms with Crippen LogP contribution in [0.25, 0.3) is 0 Å². The van der Waals surface area contributed by atoms with Crippen LogP contribution in [0.3, 0.4) is 0 Å². The van der Waals surface area contributed by atoms with Gasteiger partial charge in [0.15, 0.2) is 0 Å². The third-order valence-corrected chi connectivity index (χ3v) is 3.49. The van der Waals surface area contributed by atoms with Crippen LogP contribution in [0.15, 0.2) is 30.3 Å². The Morgan fingerprint density at radius 2 is 1.76 bits per heavy atom. The summed E-state index contributed by atoms with van der Waals surface area (Å²) in [6, 6.07) is 8.34. The van der Waals surface area contributed by atoms with Crippen molar-refractivity contribution in [3.05, 3.63) is 51.8 Å². The second kappa shape index (κ2) is 7.48. The first-order chi connectivity index (χ1) is 10.1. The molecule has 0 spiro atoms. The van der Waals surface area contributed by atoms with Gasteiger partial charge in [0.05, 0.1) is 10.0 Å². The molecule has 0 aliphatic rings. The van der Waals surface area contributed by atoms with E-state index in [0.29, 0.717) is 46.8 Å². The second-order valence-electron chi connectivity index (χ2n) is 4.45. The van der Waals surface area contributed by atoms with Crippen molar-refractivity contribution in [2.45, 2.75) is 13.3 Å². The Labute approximate surface area is 133 Å². The van der Waals surface area contributed by atoms with Crippen LogP contribution in [-0.2, 0) is 6.42 Å². The number of benzene rings is 1. The number of hydrogen-bond acceptors (Lipinski definition) is 3. The highest BCUT2D eigenvalue weighted by atomic mass is 35.5. The predicted octanol–water partition coefficient (Wildman–Crippen LogP) is 4.61. The number of halogens is 3. The summed E-state index contributed by atoms with van der Waals surface area (Å²) in [5.74, 6) is 0.910. The monoisotopic (exact) mass is 327 g/mol. The fraction of sp³-hybridized carbons (Fsp3) is 0.267. The summed E-state index contributed by atoms with van der Waals surface area (Å²) >= 11 is 12.1. The largest absolute Gasteiger partial charge is 0.369 e. The van der Waals surface area contributed by atoms with E-state index in [-0.39, 0.29) is 5.82 Å². The van der Waals surface area contributed by atoms with Crippen LogP contribution in [0.1, 0.15) is 12.5 Å². The summed E-state index contributed by atoms with van der Waals surface area (Å²) in [7, 11) is 0. The summed E-state index contributed by atoms with van der Waals surface area (Å²) in [5.41, 5.74) is 0.655. The fourth-order valence-corrected chi connectivity index (χ4v) is 2.39. The zero-order valence-corrected chi connectivity index (χ0v) is 13.1. The van der Waals surface area contributed by atoms with Crippen molar-refractivity contribution >= 4 is 34.8 Å². The smallest absolute Gasteiger partial charge is 0.147 e. The van der Waals surface area contributed by atoms with Crippen molar-refractivity contribution in [2.75, 3.05) is 23.7 Å². The van der Waals surface area contributed by atoms with Gasteiger partial charge < -0.3 is 10.6 Å². The van der Waals surface area contributed by atoms with Gasteiger partial charge in [0, 0.05) is 13.1 Å². The molecule has 21 heavy (non-hydrogen) atoms. The van der Waals surface area contributed by atoms with Crippen molar-refractivity contribution in [3.63, 3.8) is 0 Å². The van der Waals surface area contributed by atoms with E-state index in [1.165, 1.54) is 6.07 Å². The minimum Gasteiger partial charge on any atom is -0.369 e. The first-order valence-electron chi connectivity index (χ1n) is 6.69. The van der Waals surface area contributed by atoms with Gasteiger partial charge in [0.2, 0.25) is 0 Å². The zero-order valence-electron chi connectivity index (χ0n) is 11.6. The highest BCUT2D eigenvalue weighted by Crippen LogP contribution is 2.29. The number of rotatable bonds is 6. The van der Waals surface area contributed by atoms with Crippen LogP contribution >= 0.6 is 23.2 Å². The molecule has 112 valence electrons. The van der Waals surface area contributed by atoms with Crippen LogP contribution in [-0.4, -0.2) is 18.1 Å². The van der Waals surface area contributed by atoms with Gasteiger partial charge in [0.25, 0.3) is 0 Å². The van der Waals surface area contributed by atoms with E-state index in [1.54, 1.807) is 18.2 Å². The quantitative estimate of drug-likeness (QED) is 0.813. The number of aromatic nitrogens is 1. The van der Waals surface area contributed by atoms with Gasteiger partial charge in [-0.2, -0.15) is 0 Å². The molecule has 2 aromatic rings. The standard InChI is InChI=1S/C15H16Cl2FN3/c1-2-19-14-11(16)9-12(17)15(21-14)20-8-7-10-5-3-4-6-13(10)18/h3-6,9H,2,7-8H2,1H3,(H2,19,20,21). The lowest BCUT2D eigenvalue weighted by Gasteiger charge is -2.12. The van der Waals surface area contributed by atoms with Gasteiger partial charge in [0.1, 0.15) is 17.5 Å². The summed E-state index contributed by atoms with van der Waals surface area (Å²) < 4.78 is 13.5. The molecule has 0 atom stereocenters. The van der Waals surface area contributed by atoms with Crippen LogP contribution in [0.5, 0.6) is 0 Å². The van der Waals surface area contributed by atoms with Gasteiger partial charge in [-0.15, -0.1) is 0 Å². The van der Waals surface area contributed by atoms with Gasteiger partial charge >= 0.3 is 0 Å². The van der Waals surface area contributed by atoms with Gasteiger partial charge in [-0.05, 0) is 31.0 Å². The molecule has 0 aliphatic heterocycles. The molecule has 0 saturated heterocycles. The maximum absolute atomic E-state index is 13.5. The van der Waals surface area contributed by atoms with Crippen molar-refractivity contribution in [3.8, 4) is 0 Å². The van der Waals surface area contributed by atoms with Crippen molar-refractivity contribution in [1.82, 2.24) is 4.98 Å². The molecule has 1 aromatic carbocycles. The maximum Gasteiger partial charge on any atom is 0.147 e. The molecule has 0 bridgehead atoms. The van der Waals surface area contributed by atoms with E-state index in [9.17, 15) is 4.39 Å². The molecule has 1 aromatic heterocycles. The molecule has 0 aliphatic carbocycles. The third-order valence-electron chi connectivity index (χ3n) is 2.92. The molecule has 0 saturated carbocycles. The Morgan fingerprint density at radius 3 is 2.43 bits per heavy atom. The molecule has 0 amide bonds. The average molecular weight is 328 g/mol. The first kappa shape index (κ1) is 15.9. The van der Waals surface area contributed by atoms with Crippen molar-refractivity contribution in [2.24, 2.45) is 0 Å². The average Bonchev–Trinajstić information content (AvgIpc) is 2.46. The van der Waals surface area contributed by atoms with Crippen LogP contribution in [0.4, 0.5) is 16.0 Å². The number of anilines is 2.